The van der Waals surface area contributed by atoms with Crippen LogP contribution in [-0.4, -0.2) is 38.7 Å². The van der Waals surface area contributed by atoms with Gasteiger partial charge < -0.3 is 9.47 Å². The van der Waals surface area contributed by atoms with Crippen molar-refractivity contribution in [3.05, 3.63) is 76.9 Å². The molecule has 1 amide bonds. The van der Waals surface area contributed by atoms with Gasteiger partial charge in [-0.25, -0.2) is 0 Å². The highest BCUT2D eigenvalue weighted by molar-refractivity contribution is 6.10. The summed E-state index contributed by atoms with van der Waals surface area (Å²) in [5.74, 6) is 0.853. The van der Waals surface area contributed by atoms with E-state index in [2.05, 4.69) is 28.1 Å². The molecule has 1 saturated heterocycles. The summed E-state index contributed by atoms with van der Waals surface area (Å²) in [5, 5.41) is 7.07. The third kappa shape index (κ3) is 6.92. The number of likely N-dealkylation sites (tertiary alicyclic amines) is 1. The molecule has 1 aromatic heterocycles. The van der Waals surface area contributed by atoms with E-state index in [0.717, 1.165) is 38.8 Å². The van der Waals surface area contributed by atoms with Gasteiger partial charge in [0, 0.05) is 24.8 Å². The van der Waals surface area contributed by atoms with E-state index in [0.29, 0.717) is 29.6 Å². The van der Waals surface area contributed by atoms with Crippen molar-refractivity contribution < 1.29 is 18.0 Å². The summed E-state index contributed by atoms with van der Waals surface area (Å²) < 4.78 is 43.7. The largest absolute Gasteiger partial charge is 0.416 e. The van der Waals surface area contributed by atoms with E-state index in [4.69, 9.17) is 0 Å². The van der Waals surface area contributed by atoms with E-state index in [1.54, 1.807) is 23.3 Å². The fourth-order valence-corrected chi connectivity index (χ4v) is 5.77. The van der Waals surface area contributed by atoms with Crippen molar-refractivity contribution in [2.75, 3.05) is 18.0 Å². The number of halogens is 3. The van der Waals surface area contributed by atoms with Gasteiger partial charge in [-0.05, 0) is 91.6 Å². The van der Waals surface area contributed by atoms with E-state index in [1.807, 2.05) is 39.1 Å². The summed E-state index contributed by atoms with van der Waals surface area (Å²) >= 11 is 0. The molecule has 0 N–H and O–H groups in total. The lowest BCUT2D eigenvalue weighted by atomic mass is 9.72. The number of piperidine rings is 1. The van der Waals surface area contributed by atoms with Gasteiger partial charge in [0.25, 0.3) is 5.91 Å². The second kappa shape index (κ2) is 13.0. The summed E-state index contributed by atoms with van der Waals surface area (Å²) in [6.07, 6.45) is 4.34. The highest BCUT2D eigenvalue weighted by atomic mass is 19.4. The Bertz CT molecular complexity index is 1260. The molecule has 3 aromatic rings. The lowest BCUT2D eigenvalue weighted by Crippen LogP contribution is -2.29. The molecule has 1 saturated carbocycles. The quantitative estimate of drug-likeness (QED) is 0.342. The highest BCUT2D eigenvalue weighted by Crippen LogP contribution is 2.43. The summed E-state index contributed by atoms with van der Waals surface area (Å²) in [7, 11) is 1.88. The van der Waals surface area contributed by atoms with Crippen molar-refractivity contribution in [1.82, 2.24) is 19.7 Å². The van der Waals surface area contributed by atoms with E-state index in [1.165, 1.54) is 23.0 Å². The minimum absolute atomic E-state index is 0.0302. The van der Waals surface area contributed by atoms with E-state index >= 15 is 0 Å². The van der Waals surface area contributed by atoms with Gasteiger partial charge in [-0.2, -0.15) is 13.2 Å². The van der Waals surface area contributed by atoms with Crippen LogP contribution >= 0.6 is 0 Å². The number of alkyl halides is 3. The first-order valence-corrected chi connectivity index (χ1v) is 14.3. The third-order valence-corrected chi connectivity index (χ3v) is 7.82. The minimum Gasteiger partial charge on any atom is -0.323 e. The average molecular weight is 556 g/mol. The molecular weight excluding hydrogens is 515 g/mol. The molecule has 0 atom stereocenters. The van der Waals surface area contributed by atoms with Crippen molar-refractivity contribution >= 4 is 11.6 Å². The maximum Gasteiger partial charge on any atom is 0.416 e. The molecule has 2 fully saturated rings. The Morgan fingerprint density at radius 3 is 2.23 bits per heavy atom. The molecule has 9 heteroatoms. The molecule has 0 radical (unpaired) electrons. The van der Waals surface area contributed by atoms with Crippen LogP contribution in [0.4, 0.5) is 18.9 Å². The molecule has 0 unspecified atom stereocenters. The Morgan fingerprint density at radius 1 is 0.975 bits per heavy atom. The standard InChI is InChI=1S/C26H29F3N2O.C3H5N3.C2H6/c1-17-10-20(11-17)19-6-5-7-21(14-19)31-16-23-22(25(31)32)12-18(13-24(23)26(27,28)29)15-30-8-3-2-4-9-30;1-6-2-4-5-3-6;1-2/h5-7,12-14,17,20H,2-4,8-11,15-16H2,1H3;2-3H,1H3;1-2H3. The zero-order valence-corrected chi connectivity index (χ0v) is 23.9. The molecule has 3 heterocycles. The fraction of sp³-hybridized carbons (Fsp3) is 0.516. The van der Waals surface area contributed by atoms with Crippen molar-refractivity contribution in [2.24, 2.45) is 13.0 Å². The predicted octanol–water partition coefficient (Wildman–Crippen LogP) is 7.21. The van der Waals surface area contributed by atoms with Crippen molar-refractivity contribution in [3.8, 4) is 0 Å². The van der Waals surface area contributed by atoms with Crippen LogP contribution in [0.3, 0.4) is 0 Å². The van der Waals surface area contributed by atoms with Crippen molar-refractivity contribution in [3.63, 3.8) is 0 Å². The Hall–Kier alpha value is -3.20. The monoisotopic (exact) mass is 555 g/mol. The SMILES string of the molecule is CC.CC1CC(c2cccc(N3Cc4c(cc(CN5CCCCC5)cc4C(F)(F)F)C3=O)c2)C1.Cn1cnnc1. The number of carbonyl (C=O) groups is 1. The van der Waals surface area contributed by atoms with Gasteiger partial charge in [-0.15, -0.1) is 10.2 Å². The van der Waals surface area contributed by atoms with Crippen LogP contribution in [0, 0.1) is 5.92 Å². The number of carbonyl (C=O) groups excluding carboxylic acids is 1. The Morgan fingerprint density at radius 2 is 1.65 bits per heavy atom. The zero-order valence-electron chi connectivity index (χ0n) is 23.9. The number of aryl methyl sites for hydroxylation is 1. The Labute approximate surface area is 235 Å². The Kier molecular flexibility index (Phi) is 9.66. The summed E-state index contributed by atoms with van der Waals surface area (Å²) in [6.45, 7) is 8.44. The van der Waals surface area contributed by atoms with Crippen molar-refractivity contribution in [2.45, 2.75) is 78.1 Å². The molecule has 0 bridgehead atoms. The van der Waals surface area contributed by atoms with Crippen LogP contribution in [0.5, 0.6) is 0 Å². The molecule has 2 aromatic carbocycles. The number of fused-ring (bicyclic) bond motifs is 1. The highest BCUT2D eigenvalue weighted by Gasteiger charge is 2.40. The van der Waals surface area contributed by atoms with Gasteiger partial charge in [-0.3, -0.25) is 9.69 Å². The molecule has 6 nitrogen and oxygen atoms in total. The summed E-state index contributed by atoms with van der Waals surface area (Å²) in [6, 6.07) is 10.7. The number of benzene rings is 2. The van der Waals surface area contributed by atoms with Crippen molar-refractivity contribution in [1.29, 1.82) is 0 Å². The van der Waals surface area contributed by atoms with Crippen LogP contribution in [0.1, 0.15) is 91.4 Å². The fourth-order valence-electron chi connectivity index (χ4n) is 5.77. The number of aromatic nitrogens is 3. The maximum atomic E-state index is 14.0. The lowest BCUT2D eigenvalue weighted by Gasteiger charge is -2.33. The first-order valence-electron chi connectivity index (χ1n) is 14.3. The van der Waals surface area contributed by atoms with E-state index < -0.39 is 11.7 Å². The topological polar surface area (TPSA) is 54.3 Å². The summed E-state index contributed by atoms with van der Waals surface area (Å²) in [5.41, 5.74) is 2.08. The number of hydrogen-bond donors (Lipinski definition) is 0. The zero-order chi connectivity index (χ0) is 28.9. The molecule has 3 aliphatic rings. The van der Waals surface area contributed by atoms with Gasteiger partial charge in [0.05, 0.1) is 12.1 Å². The first kappa shape index (κ1) is 29.8. The van der Waals surface area contributed by atoms with Crippen LogP contribution in [0.25, 0.3) is 0 Å². The third-order valence-electron chi connectivity index (χ3n) is 7.82. The van der Waals surface area contributed by atoms with Gasteiger partial charge in [0.2, 0.25) is 0 Å². The predicted molar refractivity (Wildman–Crippen MR) is 151 cm³/mol. The smallest absolute Gasteiger partial charge is 0.323 e. The number of nitrogens with zero attached hydrogens (tertiary/aromatic N) is 5. The minimum atomic E-state index is -4.48. The molecule has 216 valence electrons. The van der Waals surface area contributed by atoms with Gasteiger partial charge in [0.15, 0.2) is 0 Å². The second-order valence-electron chi connectivity index (χ2n) is 10.9. The summed E-state index contributed by atoms with van der Waals surface area (Å²) in [4.78, 5) is 17.0. The molecular formula is C31H40F3N5O. The molecule has 1 aliphatic carbocycles. The second-order valence-corrected chi connectivity index (χ2v) is 10.9. The van der Waals surface area contributed by atoms with E-state index in [-0.39, 0.29) is 23.6 Å². The van der Waals surface area contributed by atoms with Crippen LogP contribution in [-0.2, 0) is 26.3 Å². The van der Waals surface area contributed by atoms with Gasteiger partial charge in [-0.1, -0.05) is 39.3 Å². The first-order chi connectivity index (χ1) is 19.2. The van der Waals surface area contributed by atoms with Crippen LogP contribution < -0.4 is 4.90 Å². The van der Waals surface area contributed by atoms with E-state index in [9.17, 15) is 18.0 Å². The van der Waals surface area contributed by atoms with Gasteiger partial charge >= 0.3 is 6.18 Å². The number of amides is 1. The van der Waals surface area contributed by atoms with Crippen LogP contribution in [0.2, 0.25) is 0 Å². The molecule has 6 rings (SSSR count). The normalized spacial score (nSPS) is 20.6. The molecule has 0 spiro atoms. The molecule has 2 aliphatic heterocycles. The van der Waals surface area contributed by atoms with Crippen LogP contribution in [0.15, 0.2) is 49.1 Å². The molecule has 40 heavy (non-hydrogen) atoms. The maximum absolute atomic E-state index is 14.0. The lowest BCUT2D eigenvalue weighted by molar-refractivity contribution is -0.138. The number of anilines is 1. The average Bonchev–Trinajstić information content (AvgIpc) is 3.54. The number of rotatable bonds is 4. The van der Waals surface area contributed by atoms with Gasteiger partial charge in [0.1, 0.15) is 12.7 Å². The number of hydrogen-bond acceptors (Lipinski definition) is 4. The Balaban J connectivity index is 0.000000404.